The zero-order chi connectivity index (χ0) is 22.5. The third-order valence-electron chi connectivity index (χ3n) is 4.57. The van der Waals surface area contributed by atoms with Crippen LogP contribution < -0.4 is 14.8 Å². The molecule has 0 spiro atoms. The van der Waals surface area contributed by atoms with E-state index in [-0.39, 0.29) is 23.7 Å². The maximum Gasteiger partial charge on any atom is 0.293 e. The molecule has 2 aromatic carbocycles. The van der Waals surface area contributed by atoms with E-state index in [9.17, 15) is 14.4 Å². The van der Waals surface area contributed by atoms with Crippen molar-refractivity contribution in [1.82, 2.24) is 4.90 Å². The third kappa shape index (κ3) is 5.46. The molecule has 3 amide bonds. The Kier molecular flexibility index (Phi) is 7.02. The molecular formula is C23H24N2O5S. The highest BCUT2D eigenvalue weighted by molar-refractivity contribution is 8.18. The summed E-state index contributed by atoms with van der Waals surface area (Å²) < 4.78 is 11.3. The number of carbonyl (C=O) groups is 3. The molecule has 1 saturated heterocycles. The summed E-state index contributed by atoms with van der Waals surface area (Å²) in [5.74, 6) is 0.246. The normalized spacial score (nSPS) is 14.8. The number of carbonyl (C=O) groups excluding carboxylic acids is 3. The predicted molar refractivity (Wildman–Crippen MR) is 121 cm³/mol. The lowest BCUT2D eigenvalue weighted by Gasteiger charge is -2.13. The molecule has 1 aliphatic rings. The number of aryl methyl sites for hydroxylation is 2. The number of imide groups is 1. The standard InChI is InChI=1S/C23H24N2O5S/c1-5-29-19-11-16(12-20-22(27)25(4)23(28)31-20)7-9-18(19)30-13-21(26)24-17-8-6-14(2)10-15(17)3/h6-12H,5,13H2,1-4H3,(H,24,26). The summed E-state index contributed by atoms with van der Waals surface area (Å²) in [6.07, 6.45) is 1.63. The van der Waals surface area contributed by atoms with E-state index in [0.717, 1.165) is 33.5 Å². The van der Waals surface area contributed by atoms with E-state index < -0.39 is 0 Å². The van der Waals surface area contributed by atoms with E-state index in [1.165, 1.54) is 7.05 Å². The highest BCUT2D eigenvalue weighted by atomic mass is 32.2. The Morgan fingerprint density at radius 3 is 2.52 bits per heavy atom. The van der Waals surface area contributed by atoms with Crippen LogP contribution in [0.25, 0.3) is 6.08 Å². The van der Waals surface area contributed by atoms with Gasteiger partial charge in [0.05, 0.1) is 11.5 Å². The fourth-order valence-electron chi connectivity index (χ4n) is 2.98. The van der Waals surface area contributed by atoms with Crippen molar-refractivity contribution in [2.45, 2.75) is 20.8 Å². The highest BCUT2D eigenvalue weighted by Gasteiger charge is 2.31. The second-order valence-electron chi connectivity index (χ2n) is 7.04. The maximum atomic E-state index is 12.3. The van der Waals surface area contributed by atoms with Gasteiger partial charge in [0, 0.05) is 12.7 Å². The molecule has 8 heteroatoms. The van der Waals surface area contributed by atoms with Gasteiger partial charge in [-0.15, -0.1) is 0 Å². The number of nitrogens with one attached hydrogen (secondary N) is 1. The largest absolute Gasteiger partial charge is 0.490 e. The lowest BCUT2D eigenvalue weighted by Crippen LogP contribution is -2.22. The van der Waals surface area contributed by atoms with E-state index >= 15 is 0 Å². The van der Waals surface area contributed by atoms with E-state index in [0.29, 0.717) is 28.6 Å². The lowest BCUT2D eigenvalue weighted by atomic mass is 10.1. The van der Waals surface area contributed by atoms with Crippen molar-refractivity contribution in [3.8, 4) is 11.5 Å². The number of ether oxygens (including phenoxy) is 2. The molecule has 2 aromatic rings. The Labute approximate surface area is 185 Å². The van der Waals surface area contributed by atoms with Gasteiger partial charge in [-0.3, -0.25) is 19.3 Å². The first-order chi connectivity index (χ1) is 14.8. The number of hydrogen-bond donors (Lipinski definition) is 1. The van der Waals surface area contributed by atoms with Crippen LogP contribution in [0.4, 0.5) is 10.5 Å². The van der Waals surface area contributed by atoms with Crippen LogP contribution in [0, 0.1) is 13.8 Å². The van der Waals surface area contributed by atoms with Crippen molar-refractivity contribution >= 4 is 40.6 Å². The van der Waals surface area contributed by atoms with Gasteiger partial charge in [-0.25, -0.2) is 0 Å². The highest BCUT2D eigenvalue weighted by Crippen LogP contribution is 2.34. The second-order valence-corrected chi connectivity index (χ2v) is 8.03. The summed E-state index contributed by atoms with van der Waals surface area (Å²) >= 11 is 0.891. The Bertz CT molecular complexity index is 1060. The van der Waals surface area contributed by atoms with Crippen LogP contribution in [0.15, 0.2) is 41.3 Å². The number of thioether (sulfide) groups is 1. The minimum absolute atomic E-state index is 0.179. The molecule has 0 saturated carbocycles. The van der Waals surface area contributed by atoms with E-state index in [1.54, 1.807) is 24.3 Å². The SMILES string of the molecule is CCOc1cc(C=C2SC(=O)N(C)C2=O)ccc1OCC(=O)Nc1ccc(C)cc1C. The fraction of sp³-hybridized carbons (Fsp3) is 0.261. The Hall–Kier alpha value is -3.26. The molecule has 3 rings (SSSR count). The molecule has 7 nitrogen and oxygen atoms in total. The van der Waals surface area contributed by atoms with Gasteiger partial charge in [0.2, 0.25) is 0 Å². The van der Waals surface area contributed by atoms with Gasteiger partial charge in [-0.1, -0.05) is 23.8 Å². The number of rotatable bonds is 7. The average molecular weight is 441 g/mol. The summed E-state index contributed by atoms with van der Waals surface area (Å²) in [7, 11) is 1.45. The lowest BCUT2D eigenvalue weighted by molar-refractivity contribution is -0.121. The molecule has 0 aliphatic carbocycles. The van der Waals surface area contributed by atoms with Gasteiger partial charge in [-0.05, 0) is 67.9 Å². The predicted octanol–water partition coefficient (Wildman–Crippen LogP) is 4.39. The summed E-state index contributed by atoms with van der Waals surface area (Å²) in [6, 6.07) is 10.9. The molecule has 0 unspecified atom stereocenters. The quantitative estimate of drug-likeness (QED) is 0.643. The number of nitrogens with zero attached hydrogens (tertiary/aromatic N) is 1. The molecule has 1 aliphatic heterocycles. The maximum absolute atomic E-state index is 12.3. The monoisotopic (exact) mass is 440 g/mol. The summed E-state index contributed by atoms with van der Waals surface area (Å²) in [4.78, 5) is 37.5. The van der Waals surface area contributed by atoms with Gasteiger partial charge in [0.1, 0.15) is 0 Å². The number of likely N-dealkylation sites (N-methyl/N-ethyl adjacent to an activating group) is 1. The molecule has 162 valence electrons. The third-order valence-corrected chi connectivity index (χ3v) is 5.53. The second kappa shape index (κ2) is 9.70. The molecule has 1 fully saturated rings. The topological polar surface area (TPSA) is 84.9 Å². The van der Waals surface area contributed by atoms with Crippen LogP contribution in [0.5, 0.6) is 11.5 Å². The van der Waals surface area contributed by atoms with Crippen molar-refractivity contribution in [2.24, 2.45) is 0 Å². The van der Waals surface area contributed by atoms with E-state index in [4.69, 9.17) is 9.47 Å². The molecular weight excluding hydrogens is 416 g/mol. The first kappa shape index (κ1) is 22.4. The number of anilines is 1. The van der Waals surface area contributed by atoms with Gasteiger partial charge in [-0.2, -0.15) is 0 Å². The van der Waals surface area contributed by atoms with Crippen LogP contribution in [0.3, 0.4) is 0 Å². The first-order valence-corrected chi connectivity index (χ1v) is 10.6. The molecule has 0 radical (unpaired) electrons. The number of benzene rings is 2. The number of hydrogen-bond acceptors (Lipinski definition) is 6. The van der Waals surface area contributed by atoms with Gasteiger partial charge in [0.15, 0.2) is 18.1 Å². The minimum atomic E-state index is -0.337. The zero-order valence-corrected chi connectivity index (χ0v) is 18.7. The van der Waals surface area contributed by atoms with Crippen LogP contribution in [-0.4, -0.2) is 42.2 Å². The Morgan fingerprint density at radius 1 is 1.10 bits per heavy atom. The summed E-state index contributed by atoms with van der Waals surface area (Å²) in [6.45, 7) is 5.99. The van der Waals surface area contributed by atoms with Gasteiger partial charge >= 0.3 is 0 Å². The van der Waals surface area contributed by atoms with Crippen molar-refractivity contribution in [3.05, 3.63) is 58.0 Å². The zero-order valence-electron chi connectivity index (χ0n) is 17.9. The molecule has 1 heterocycles. The molecule has 0 aromatic heterocycles. The van der Waals surface area contributed by atoms with Gasteiger partial charge in [0.25, 0.3) is 17.1 Å². The molecule has 0 atom stereocenters. The van der Waals surface area contributed by atoms with E-state index in [1.807, 2.05) is 39.0 Å². The van der Waals surface area contributed by atoms with Crippen LogP contribution in [-0.2, 0) is 9.59 Å². The van der Waals surface area contributed by atoms with Crippen LogP contribution >= 0.6 is 11.8 Å². The van der Waals surface area contributed by atoms with Crippen LogP contribution in [0.2, 0.25) is 0 Å². The average Bonchev–Trinajstić information content (AvgIpc) is 2.96. The Morgan fingerprint density at radius 2 is 1.87 bits per heavy atom. The smallest absolute Gasteiger partial charge is 0.293 e. The molecule has 1 N–H and O–H groups in total. The van der Waals surface area contributed by atoms with Gasteiger partial charge < -0.3 is 14.8 Å². The first-order valence-electron chi connectivity index (χ1n) is 9.76. The van der Waals surface area contributed by atoms with E-state index in [2.05, 4.69) is 5.32 Å². The summed E-state index contributed by atoms with van der Waals surface area (Å²) in [5.41, 5.74) is 3.53. The summed E-state index contributed by atoms with van der Waals surface area (Å²) in [5, 5.41) is 2.53. The van der Waals surface area contributed by atoms with Crippen molar-refractivity contribution in [2.75, 3.05) is 25.6 Å². The molecule has 0 bridgehead atoms. The van der Waals surface area contributed by atoms with Crippen LogP contribution in [0.1, 0.15) is 23.6 Å². The Balaban J connectivity index is 1.70. The van der Waals surface area contributed by atoms with Crippen molar-refractivity contribution in [1.29, 1.82) is 0 Å². The minimum Gasteiger partial charge on any atom is -0.490 e. The van der Waals surface area contributed by atoms with Crippen molar-refractivity contribution in [3.63, 3.8) is 0 Å². The number of amides is 3. The van der Waals surface area contributed by atoms with Crippen molar-refractivity contribution < 1.29 is 23.9 Å². The fourth-order valence-corrected chi connectivity index (χ4v) is 3.81. The molecule has 31 heavy (non-hydrogen) atoms.